The van der Waals surface area contributed by atoms with Crippen LogP contribution in [0.15, 0.2) is 35.1 Å². The molecule has 0 spiro atoms. The molecule has 4 aromatic rings. The first-order chi connectivity index (χ1) is 17.7. The third-order valence-corrected chi connectivity index (χ3v) is 6.60. The van der Waals surface area contributed by atoms with E-state index in [1.807, 2.05) is 32.3 Å². The molecule has 1 saturated heterocycles. The third kappa shape index (κ3) is 4.94. The second kappa shape index (κ2) is 9.95. The van der Waals surface area contributed by atoms with Gasteiger partial charge >= 0.3 is 0 Å². The zero-order valence-electron chi connectivity index (χ0n) is 20.9. The molecule has 2 aromatic carbocycles. The maximum Gasteiger partial charge on any atom is 0.261 e. The van der Waals surface area contributed by atoms with Crippen molar-refractivity contribution in [1.82, 2.24) is 24.8 Å². The van der Waals surface area contributed by atoms with Crippen molar-refractivity contribution in [1.29, 1.82) is 0 Å². The van der Waals surface area contributed by atoms with Crippen molar-refractivity contribution in [3.63, 3.8) is 0 Å². The van der Waals surface area contributed by atoms with Crippen molar-refractivity contribution in [3.05, 3.63) is 69.4 Å². The average Bonchev–Trinajstić information content (AvgIpc) is 2.83. The zero-order valence-corrected chi connectivity index (χ0v) is 20.9. The molecule has 0 aliphatic carbocycles. The Labute approximate surface area is 212 Å². The van der Waals surface area contributed by atoms with Crippen LogP contribution in [0.4, 0.5) is 14.6 Å². The van der Waals surface area contributed by atoms with Gasteiger partial charge in [-0.2, -0.15) is 9.37 Å². The van der Waals surface area contributed by atoms with E-state index in [2.05, 4.69) is 24.8 Å². The summed E-state index contributed by atoms with van der Waals surface area (Å²) < 4.78 is 35.6. The number of rotatable bonds is 5. The standard InChI is InChI=1S/C27H28F2N6O2/c1-14-31-21-12-17(11-20(28)22(21)27(36)32-14)24-26(30)34-25(29)23(33-24)16-4-5-19(15-6-8-37-9-7-15)18(10-16)13-35(2)3/h4-5,10-12,15H,6-9,13H2,1-3H3,(H2,30,34)(H,31,32,36). The van der Waals surface area contributed by atoms with Crippen LogP contribution in [0.1, 0.15) is 35.7 Å². The van der Waals surface area contributed by atoms with Crippen molar-refractivity contribution in [2.75, 3.05) is 33.0 Å². The number of aryl methyl sites for hydroxylation is 1. The minimum Gasteiger partial charge on any atom is -0.382 e. The molecular formula is C27H28F2N6O2. The summed E-state index contributed by atoms with van der Waals surface area (Å²) in [5.74, 6) is -1.07. The number of nitrogen functional groups attached to an aromatic ring is 1. The van der Waals surface area contributed by atoms with Crippen LogP contribution >= 0.6 is 0 Å². The van der Waals surface area contributed by atoms with Crippen molar-refractivity contribution < 1.29 is 13.5 Å². The van der Waals surface area contributed by atoms with E-state index in [0.29, 0.717) is 23.9 Å². The Balaban J connectivity index is 1.63. The minimum absolute atomic E-state index is 0.0123. The largest absolute Gasteiger partial charge is 0.382 e. The molecule has 0 bridgehead atoms. The molecular weight excluding hydrogens is 478 g/mol. The van der Waals surface area contributed by atoms with E-state index in [1.165, 1.54) is 11.6 Å². The fourth-order valence-electron chi connectivity index (χ4n) is 4.94. The monoisotopic (exact) mass is 506 g/mol. The van der Waals surface area contributed by atoms with Crippen LogP contribution in [0.3, 0.4) is 0 Å². The quantitative estimate of drug-likeness (QED) is 0.418. The summed E-state index contributed by atoms with van der Waals surface area (Å²) in [5, 5.41) is -0.166. The number of hydrogen-bond acceptors (Lipinski definition) is 7. The number of anilines is 1. The molecule has 0 atom stereocenters. The van der Waals surface area contributed by atoms with Crippen molar-refractivity contribution in [3.8, 4) is 22.5 Å². The number of nitrogens with two attached hydrogens (primary N) is 1. The van der Waals surface area contributed by atoms with Gasteiger partial charge in [0.2, 0.25) is 5.95 Å². The smallest absolute Gasteiger partial charge is 0.261 e. The van der Waals surface area contributed by atoms with E-state index in [9.17, 15) is 9.18 Å². The number of aromatic nitrogens is 4. The molecule has 37 heavy (non-hydrogen) atoms. The number of fused-ring (bicyclic) bond motifs is 1. The SMILES string of the molecule is Cc1nc2cc(-c3nc(-c4ccc(C5CCOCC5)c(CN(C)C)c4)c(F)nc3N)cc(F)c2c(=O)[nH]1. The highest BCUT2D eigenvalue weighted by Gasteiger charge is 2.22. The number of halogens is 2. The van der Waals surface area contributed by atoms with E-state index in [4.69, 9.17) is 10.5 Å². The first-order valence-electron chi connectivity index (χ1n) is 12.1. The molecule has 192 valence electrons. The normalized spacial score (nSPS) is 14.5. The van der Waals surface area contributed by atoms with Crippen LogP contribution < -0.4 is 11.3 Å². The highest BCUT2D eigenvalue weighted by Crippen LogP contribution is 2.35. The molecule has 3 heterocycles. The van der Waals surface area contributed by atoms with Gasteiger partial charge in [-0.25, -0.2) is 14.4 Å². The highest BCUT2D eigenvalue weighted by molar-refractivity contribution is 5.86. The highest BCUT2D eigenvalue weighted by atomic mass is 19.1. The van der Waals surface area contributed by atoms with Gasteiger partial charge in [-0.3, -0.25) is 4.79 Å². The Morgan fingerprint density at radius 1 is 1.05 bits per heavy atom. The second-order valence-corrected chi connectivity index (χ2v) is 9.64. The molecule has 0 saturated carbocycles. The van der Waals surface area contributed by atoms with Crippen molar-refractivity contribution in [2.45, 2.75) is 32.2 Å². The summed E-state index contributed by atoms with van der Waals surface area (Å²) in [4.78, 5) is 29.4. The van der Waals surface area contributed by atoms with Crippen LogP contribution in [-0.4, -0.2) is 52.1 Å². The molecule has 0 amide bonds. The molecule has 10 heteroatoms. The summed E-state index contributed by atoms with van der Waals surface area (Å²) in [6.45, 7) is 3.72. The number of benzene rings is 2. The van der Waals surface area contributed by atoms with Gasteiger partial charge in [-0.15, -0.1) is 0 Å². The minimum atomic E-state index is -0.817. The molecule has 1 aliphatic heterocycles. The first-order valence-corrected chi connectivity index (χ1v) is 12.1. The fourth-order valence-corrected chi connectivity index (χ4v) is 4.94. The van der Waals surface area contributed by atoms with Gasteiger partial charge in [0.25, 0.3) is 5.56 Å². The summed E-state index contributed by atoms with van der Waals surface area (Å²) in [5.41, 5.74) is 8.81. The van der Waals surface area contributed by atoms with E-state index >= 15 is 4.39 Å². The Morgan fingerprint density at radius 2 is 1.81 bits per heavy atom. The van der Waals surface area contributed by atoms with Crippen molar-refractivity contribution in [2.24, 2.45) is 0 Å². The summed E-state index contributed by atoms with van der Waals surface area (Å²) in [7, 11) is 3.97. The van der Waals surface area contributed by atoms with Crippen molar-refractivity contribution >= 4 is 16.7 Å². The first kappa shape index (κ1) is 24.9. The van der Waals surface area contributed by atoms with Gasteiger partial charge in [0, 0.05) is 30.9 Å². The van der Waals surface area contributed by atoms with E-state index in [0.717, 1.165) is 37.7 Å². The Bertz CT molecular complexity index is 1550. The van der Waals surface area contributed by atoms with Crippen LogP contribution in [0.5, 0.6) is 0 Å². The third-order valence-electron chi connectivity index (χ3n) is 6.60. The lowest BCUT2D eigenvalue weighted by atomic mass is 9.87. The van der Waals surface area contributed by atoms with Gasteiger partial charge in [-0.05, 0) is 69.1 Å². The van der Waals surface area contributed by atoms with E-state index in [1.54, 1.807) is 6.92 Å². The number of aromatic amines is 1. The number of H-pyrrole nitrogens is 1. The maximum absolute atomic E-state index is 15.1. The number of nitrogens with one attached hydrogen (secondary N) is 1. The summed E-state index contributed by atoms with van der Waals surface area (Å²) in [6.07, 6.45) is 1.87. The Hall–Kier alpha value is -3.76. The number of ether oxygens (including phenoxy) is 1. The van der Waals surface area contributed by atoms with Gasteiger partial charge in [0.1, 0.15) is 28.4 Å². The lowest BCUT2D eigenvalue weighted by Crippen LogP contribution is -2.18. The van der Waals surface area contributed by atoms with Gasteiger partial charge in [0.05, 0.1) is 5.52 Å². The van der Waals surface area contributed by atoms with E-state index in [-0.39, 0.29) is 33.7 Å². The topological polar surface area (TPSA) is 110 Å². The van der Waals surface area contributed by atoms with E-state index < -0.39 is 17.3 Å². The molecule has 0 unspecified atom stereocenters. The lowest BCUT2D eigenvalue weighted by molar-refractivity contribution is 0.0850. The predicted octanol–water partition coefficient (Wildman–Crippen LogP) is 4.17. The molecule has 1 fully saturated rings. The zero-order chi connectivity index (χ0) is 26.3. The number of hydrogen-bond donors (Lipinski definition) is 2. The van der Waals surface area contributed by atoms with Gasteiger partial charge in [0.15, 0.2) is 5.82 Å². The van der Waals surface area contributed by atoms with Crippen LogP contribution in [-0.2, 0) is 11.3 Å². The summed E-state index contributed by atoms with van der Waals surface area (Å²) >= 11 is 0. The van der Waals surface area contributed by atoms with Crippen LogP contribution in [0.25, 0.3) is 33.4 Å². The van der Waals surface area contributed by atoms with Crippen LogP contribution in [0.2, 0.25) is 0 Å². The Morgan fingerprint density at radius 3 is 2.54 bits per heavy atom. The lowest BCUT2D eigenvalue weighted by Gasteiger charge is -2.26. The maximum atomic E-state index is 15.1. The van der Waals surface area contributed by atoms with Gasteiger partial charge < -0.3 is 20.4 Å². The Kier molecular flexibility index (Phi) is 6.70. The second-order valence-electron chi connectivity index (χ2n) is 9.64. The molecule has 2 aromatic heterocycles. The molecule has 5 rings (SSSR count). The molecule has 1 aliphatic rings. The average molecular weight is 507 g/mol. The molecule has 8 nitrogen and oxygen atoms in total. The fraction of sp³-hybridized carbons (Fsp3) is 0.333. The van der Waals surface area contributed by atoms with Gasteiger partial charge in [-0.1, -0.05) is 12.1 Å². The summed E-state index contributed by atoms with van der Waals surface area (Å²) in [6, 6.07) is 8.44. The molecule has 3 N–H and O–H groups in total. The van der Waals surface area contributed by atoms with Crippen LogP contribution in [0, 0.1) is 18.7 Å². The molecule has 0 radical (unpaired) electrons. The predicted molar refractivity (Wildman–Crippen MR) is 138 cm³/mol. The number of nitrogens with zero attached hydrogens (tertiary/aromatic N) is 4.